The molecule has 0 aliphatic heterocycles. The van der Waals surface area contributed by atoms with E-state index in [-0.39, 0.29) is 0 Å². The Morgan fingerprint density at radius 2 is 1.95 bits per heavy atom. The molecule has 1 aromatic rings. The summed E-state index contributed by atoms with van der Waals surface area (Å²) in [6.07, 6.45) is 1.33. The summed E-state index contributed by atoms with van der Waals surface area (Å²) in [7, 11) is 0. The van der Waals surface area contributed by atoms with Crippen molar-refractivity contribution in [3.63, 3.8) is 0 Å². The van der Waals surface area contributed by atoms with Gasteiger partial charge in [0, 0.05) is 6.42 Å². The van der Waals surface area contributed by atoms with Gasteiger partial charge in [-0.15, -0.1) is 0 Å². The summed E-state index contributed by atoms with van der Waals surface area (Å²) < 4.78 is 5.66. The first-order valence-corrected chi connectivity index (χ1v) is 7.60. The zero-order valence-corrected chi connectivity index (χ0v) is 13.5. The van der Waals surface area contributed by atoms with Crippen molar-refractivity contribution in [3.05, 3.63) is 29.8 Å². The van der Waals surface area contributed by atoms with Gasteiger partial charge in [-0.1, -0.05) is 32.9 Å². The predicted octanol–water partition coefficient (Wildman–Crippen LogP) is 3.42. The number of benzene rings is 1. The lowest BCUT2D eigenvalue weighted by Gasteiger charge is -2.26. The lowest BCUT2D eigenvalue weighted by atomic mass is 9.98. The topological polar surface area (TPSA) is 58.6 Å². The van der Waals surface area contributed by atoms with Crippen LogP contribution < -0.4 is 10.1 Å². The van der Waals surface area contributed by atoms with E-state index in [1.54, 1.807) is 6.92 Å². The standard InChI is InChI=1S/C17H27NO3/c1-5-11-18-17(4,16(19)20)10-12-21-15-8-6-14(7-9-15)13(2)3/h6-9,13,18H,5,10-12H2,1-4H3,(H,19,20). The number of hydrogen-bond donors (Lipinski definition) is 2. The second-order valence-corrected chi connectivity index (χ2v) is 5.89. The molecule has 1 aromatic carbocycles. The number of carbonyl (C=O) groups is 1. The molecule has 1 atom stereocenters. The number of ether oxygens (including phenoxy) is 1. The second-order valence-electron chi connectivity index (χ2n) is 5.89. The van der Waals surface area contributed by atoms with E-state index in [2.05, 4.69) is 19.2 Å². The van der Waals surface area contributed by atoms with Gasteiger partial charge < -0.3 is 15.2 Å². The Labute approximate surface area is 127 Å². The van der Waals surface area contributed by atoms with Gasteiger partial charge in [-0.3, -0.25) is 4.79 Å². The number of aliphatic carboxylic acids is 1. The average molecular weight is 293 g/mol. The summed E-state index contributed by atoms with van der Waals surface area (Å²) in [6, 6.07) is 7.97. The Kier molecular flexibility index (Phi) is 6.69. The fourth-order valence-electron chi connectivity index (χ4n) is 1.99. The van der Waals surface area contributed by atoms with Crippen molar-refractivity contribution < 1.29 is 14.6 Å². The first-order valence-electron chi connectivity index (χ1n) is 7.60. The molecule has 0 radical (unpaired) electrons. The van der Waals surface area contributed by atoms with Gasteiger partial charge in [0.1, 0.15) is 11.3 Å². The van der Waals surface area contributed by atoms with Crippen LogP contribution in [0.15, 0.2) is 24.3 Å². The number of nitrogens with one attached hydrogen (secondary N) is 1. The highest BCUT2D eigenvalue weighted by Crippen LogP contribution is 2.19. The van der Waals surface area contributed by atoms with Crippen LogP contribution >= 0.6 is 0 Å². The third-order valence-corrected chi connectivity index (χ3v) is 3.65. The number of rotatable bonds is 9. The van der Waals surface area contributed by atoms with Crippen LogP contribution in [0, 0.1) is 0 Å². The molecule has 2 N–H and O–H groups in total. The van der Waals surface area contributed by atoms with E-state index >= 15 is 0 Å². The summed E-state index contributed by atoms with van der Waals surface area (Å²) >= 11 is 0. The zero-order valence-electron chi connectivity index (χ0n) is 13.5. The lowest BCUT2D eigenvalue weighted by molar-refractivity contribution is -0.144. The van der Waals surface area contributed by atoms with Crippen molar-refractivity contribution in [1.29, 1.82) is 0 Å². The maximum atomic E-state index is 11.4. The third kappa shape index (κ3) is 5.38. The Morgan fingerprint density at radius 1 is 1.33 bits per heavy atom. The average Bonchev–Trinajstić information content (AvgIpc) is 2.45. The Hall–Kier alpha value is -1.55. The van der Waals surface area contributed by atoms with Crippen molar-refractivity contribution in [1.82, 2.24) is 5.32 Å². The van der Waals surface area contributed by atoms with Gasteiger partial charge in [-0.25, -0.2) is 0 Å². The monoisotopic (exact) mass is 293 g/mol. The Balaban J connectivity index is 2.52. The fraction of sp³-hybridized carbons (Fsp3) is 0.588. The molecule has 0 fully saturated rings. The van der Waals surface area contributed by atoms with E-state index in [1.165, 1.54) is 5.56 Å². The normalized spacial score (nSPS) is 14.0. The molecule has 0 heterocycles. The lowest BCUT2D eigenvalue weighted by Crippen LogP contribution is -2.50. The van der Waals surface area contributed by atoms with Gasteiger partial charge in [0.25, 0.3) is 0 Å². The largest absolute Gasteiger partial charge is 0.494 e. The molecule has 4 heteroatoms. The van der Waals surface area contributed by atoms with E-state index in [4.69, 9.17) is 4.74 Å². The van der Waals surface area contributed by atoms with Crippen molar-refractivity contribution in [2.75, 3.05) is 13.2 Å². The van der Waals surface area contributed by atoms with Crippen molar-refractivity contribution >= 4 is 5.97 Å². The molecule has 21 heavy (non-hydrogen) atoms. The van der Waals surface area contributed by atoms with Crippen LogP contribution in [0.5, 0.6) is 5.75 Å². The van der Waals surface area contributed by atoms with Gasteiger partial charge in [-0.05, 0) is 43.5 Å². The molecule has 1 unspecified atom stereocenters. The highest BCUT2D eigenvalue weighted by molar-refractivity contribution is 5.78. The molecule has 0 aliphatic carbocycles. The summed E-state index contributed by atoms with van der Waals surface area (Å²) in [5.41, 5.74) is 0.329. The highest BCUT2D eigenvalue weighted by atomic mass is 16.5. The summed E-state index contributed by atoms with van der Waals surface area (Å²) in [4.78, 5) is 11.4. The second kappa shape index (κ2) is 8.03. The van der Waals surface area contributed by atoms with Crippen molar-refractivity contribution in [2.24, 2.45) is 0 Å². The van der Waals surface area contributed by atoms with Gasteiger partial charge in [0.15, 0.2) is 0 Å². The molecule has 118 valence electrons. The number of hydrogen-bond acceptors (Lipinski definition) is 3. The van der Waals surface area contributed by atoms with Gasteiger partial charge in [-0.2, -0.15) is 0 Å². The molecule has 4 nitrogen and oxygen atoms in total. The van der Waals surface area contributed by atoms with Crippen LogP contribution in [-0.4, -0.2) is 29.8 Å². The van der Waals surface area contributed by atoms with E-state index in [1.807, 2.05) is 31.2 Å². The maximum Gasteiger partial charge on any atom is 0.323 e. The van der Waals surface area contributed by atoms with Crippen LogP contribution in [0.1, 0.15) is 52.0 Å². The number of carboxylic acids is 1. The molecule has 0 saturated carbocycles. The minimum absolute atomic E-state index is 0.376. The molecule has 1 rings (SSSR count). The SMILES string of the molecule is CCCNC(C)(CCOc1ccc(C(C)C)cc1)C(=O)O. The predicted molar refractivity (Wildman–Crippen MR) is 85.0 cm³/mol. The summed E-state index contributed by atoms with van der Waals surface area (Å²) in [6.45, 7) is 9.08. The molecular formula is C17H27NO3. The van der Waals surface area contributed by atoms with E-state index in [0.717, 1.165) is 12.2 Å². The smallest absolute Gasteiger partial charge is 0.323 e. The van der Waals surface area contributed by atoms with Crippen LogP contribution in [0.4, 0.5) is 0 Å². The molecule has 0 amide bonds. The fourth-order valence-corrected chi connectivity index (χ4v) is 1.99. The molecule has 0 saturated heterocycles. The van der Waals surface area contributed by atoms with Gasteiger partial charge >= 0.3 is 5.97 Å². The van der Waals surface area contributed by atoms with Crippen LogP contribution in [0.25, 0.3) is 0 Å². The third-order valence-electron chi connectivity index (χ3n) is 3.65. The van der Waals surface area contributed by atoms with Gasteiger partial charge in [0.2, 0.25) is 0 Å². The van der Waals surface area contributed by atoms with Crippen molar-refractivity contribution in [2.45, 2.75) is 52.0 Å². The highest BCUT2D eigenvalue weighted by Gasteiger charge is 2.31. The molecule has 0 aliphatic rings. The van der Waals surface area contributed by atoms with Crippen LogP contribution in [0.2, 0.25) is 0 Å². The molecular weight excluding hydrogens is 266 g/mol. The quantitative estimate of drug-likeness (QED) is 0.732. The minimum atomic E-state index is -0.937. The van der Waals surface area contributed by atoms with Crippen molar-refractivity contribution in [3.8, 4) is 5.75 Å². The van der Waals surface area contributed by atoms with E-state index in [0.29, 0.717) is 25.5 Å². The number of carboxylic acid groups (broad SMARTS) is 1. The zero-order chi connectivity index (χ0) is 15.9. The summed E-state index contributed by atoms with van der Waals surface area (Å²) in [5, 5.41) is 12.4. The maximum absolute atomic E-state index is 11.4. The van der Waals surface area contributed by atoms with Crippen LogP contribution in [0.3, 0.4) is 0 Å². The molecule has 0 spiro atoms. The molecule has 0 aromatic heterocycles. The van der Waals surface area contributed by atoms with E-state index < -0.39 is 11.5 Å². The molecule has 0 bridgehead atoms. The Morgan fingerprint density at radius 3 is 2.43 bits per heavy atom. The van der Waals surface area contributed by atoms with Crippen LogP contribution in [-0.2, 0) is 4.79 Å². The van der Waals surface area contributed by atoms with Gasteiger partial charge in [0.05, 0.1) is 6.61 Å². The first kappa shape index (κ1) is 17.5. The first-order chi connectivity index (χ1) is 9.89. The Bertz CT molecular complexity index is 442. The van der Waals surface area contributed by atoms with E-state index in [9.17, 15) is 9.90 Å². The summed E-state index contributed by atoms with van der Waals surface area (Å²) in [5.74, 6) is 0.435. The minimum Gasteiger partial charge on any atom is -0.494 e.